The molecule has 1 rings (SSSR count). The zero-order valence-electron chi connectivity index (χ0n) is 10.2. The Morgan fingerprint density at radius 1 is 1.19 bits per heavy atom. The van der Waals surface area contributed by atoms with Crippen LogP contribution in [0.2, 0.25) is 0 Å². The molecule has 3 nitrogen and oxygen atoms in total. The molecule has 0 aromatic rings. The summed E-state index contributed by atoms with van der Waals surface area (Å²) in [6.07, 6.45) is 10.5. The molecule has 2 N–H and O–H groups in total. The lowest BCUT2D eigenvalue weighted by molar-refractivity contribution is -0.121. The second-order valence-electron chi connectivity index (χ2n) is 4.82. The zero-order chi connectivity index (χ0) is 11.6. The van der Waals surface area contributed by atoms with Crippen molar-refractivity contribution in [3.05, 3.63) is 0 Å². The predicted molar refractivity (Wildman–Crippen MR) is 65.1 cm³/mol. The molecule has 0 aromatic carbocycles. The molecule has 1 fully saturated rings. The number of nitrogens with one attached hydrogen (secondary N) is 1. The van der Waals surface area contributed by atoms with Gasteiger partial charge in [0, 0.05) is 19.6 Å². The van der Waals surface area contributed by atoms with Crippen molar-refractivity contribution in [1.82, 2.24) is 5.32 Å². The number of aliphatic hydroxyl groups is 1. The van der Waals surface area contributed by atoms with Crippen LogP contribution in [-0.4, -0.2) is 24.2 Å². The maximum absolute atomic E-state index is 11.4. The molecule has 1 aliphatic rings. The van der Waals surface area contributed by atoms with Crippen LogP contribution in [0.15, 0.2) is 0 Å². The first-order valence-electron chi connectivity index (χ1n) is 6.70. The fourth-order valence-corrected chi connectivity index (χ4v) is 2.42. The van der Waals surface area contributed by atoms with Crippen molar-refractivity contribution in [3.8, 4) is 0 Å². The number of carbonyl (C=O) groups excluding carboxylic acids is 1. The highest BCUT2D eigenvalue weighted by Gasteiger charge is 2.13. The molecule has 16 heavy (non-hydrogen) atoms. The highest BCUT2D eigenvalue weighted by molar-refractivity contribution is 5.75. The van der Waals surface area contributed by atoms with Gasteiger partial charge in [-0.3, -0.25) is 4.79 Å². The van der Waals surface area contributed by atoms with E-state index in [1.165, 1.54) is 38.5 Å². The molecule has 0 heterocycles. The van der Waals surface area contributed by atoms with Crippen LogP contribution >= 0.6 is 0 Å². The van der Waals surface area contributed by atoms with Crippen molar-refractivity contribution in [2.24, 2.45) is 5.92 Å². The van der Waals surface area contributed by atoms with E-state index in [0.29, 0.717) is 19.4 Å². The van der Waals surface area contributed by atoms with Crippen molar-refractivity contribution in [2.75, 3.05) is 13.2 Å². The average Bonchev–Trinajstić information content (AvgIpc) is 2.31. The quantitative estimate of drug-likeness (QED) is 0.655. The molecule has 0 aliphatic heterocycles. The van der Waals surface area contributed by atoms with Gasteiger partial charge in [0.2, 0.25) is 5.91 Å². The molecular weight excluding hydrogens is 202 g/mol. The van der Waals surface area contributed by atoms with Crippen LogP contribution < -0.4 is 5.32 Å². The largest absolute Gasteiger partial charge is 0.396 e. The normalized spacial score (nSPS) is 17.3. The Kier molecular flexibility index (Phi) is 7.23. The van der Waals surface area contributed by atoms with Crippen LogP contribution in [0, 0.1) is 5.92 Å². The Morgan fingerprint density at radius 3 is 2.62 bits per heavy atom. The molecule has 1 aliphatic carbocycles. The zero-order valence-corrected chi connectivity index (χ0v) is 10.2. The maximum Gasteiger partial charge on any atom is 0.219 e. The fraction of sp³-hybridized carbons (Fsp3) is 0.923. The van der Waals surface area contributed by atoms with Crippen molar-refractivity contribution in [3.63, 3.8) is 0 Å². The van der Waals surface area contributed by atoms with E-state index < -0.39 is 0 Å². The van der Waals surface area contributed by atoms with Gasteiger partial charge >= 0.3 is 0 Å². The minimum Gasteiger partial charge on any atom is -0.396 e. The lowest BCUT2D eigenvalue weighted by Gasteiger charge is -2.21. The molecular formula is C13H25NO2. The predicted octanol–water partition coefficient (Wildman–Crippen LogP) is 2.24. The lowest BCUT2D eigenvalue weighted by atomic mass is 9.86. The topological polar surface area (TPSA) is 49.3 Å². The van der Waals surface area contributed by atoms with E-state index in [4.69, 9.17) is 5.11 Å². The summed E-state index contributed by atoms with van der Waals surface area (Å²) >= 11 is 0. The first kappa shape index (κ1) is 13.5. The summed E-state index contributed by atoms with van der Waals surface area (Å²) in [4.78, 5) is 11.4. The standard InChI is InChI=1S/C13H25NO2/c15-11-5-10-14-13(16)9-4-8-12-6-2-1-3-7-12/h12,15H,1-11H2,(H,14,16). The van der Waals surface area contributed by atoms with Gasteiger partial charge in [-0.1, -0.05) is 32.1 Å². The highest BCUT2D eigenvalue weighted by atomic mass is 16.3. The summed E-state index contributed by atoms with van der Waals surface area (Å²) in [7, 11) is 0. The summed E-state index contributed by atoms with van der Waals surface area (Å²) in [5.41, 5.74) is 0. The first-order chi connectivity index (χ1) is 7.83. The third-order valence-corrected chi connectivity index (χ3v) is 3.40. The van der Waals surface area contributed by atoms with Crippen LogP contribution in [0.3, 0.4) is 0 Å². The summed E-state index contributed by atoms with van der Waals surface area (Å²) in [5.74, 6) is 1.02. The Balaban J connectivity index is 1.94. The van der Waals surface area contributed by atoms with Gasteiger partial charge in [0.05, 0.1) is 0 Å². The number of amides is 1. The molecule has 0 spiro atoms. The summed E-state index contributed by atoms with van der Waals surface area (Å²) in [6, 6.07) is 0. The van der Waals surface area contributed by atoms with Gasteiger partial charge in [-0.2, -0.15) is 0 Å². The van der Waals surface area contributed by atoms with Crippen LogP contribution in [0.25, 0.3) is 0 Å². The van der Waals surface area contributed by atoms with Crippen molar-refractivity contribution in [2.45, 2.75) is 57.8 Å². The second-order valence-corrected chi connectivity index (χ2v) is 4.82. The lowest BCUT2D eigenvalue weighted by Crippen LogP contribution is -2.24. The number of aliphatic hydroxyl groups excluding tert-OH is 1. The summed E-state index contributed by atoms with van der Waals surface area (Å²) in [5, 5.41) is 11.4. The molecule has 0 atom stereocenters. The first-order valence-corrected chi connectivity index (χ1v) is 6.70. The SMILES string of the molecule is O=C(CCCC1CCCCC1)NCCCO. The minimum absolute atomic E-state index is 0.143. The summed E-state index contributed by atoms with van der Waals surface area (Å²) < 4.78 is 0. The van der Waals surface area contributed by atoms with E-state index in [0.717, 1.165) is 12.3 Å². The van der Waals surface area contributed by atoms with Gasteiger partial charge in [0.1, 0.15) is 0 Å². The monoisotopic (exact) mass is 227 g/mol. The summed E-state index contributed by atoms with van der Waals surface area (Å²) in [6.45, 7) is 0.765. The molecule has 0 radical (unpaired) electrons. The molecule has 0 bridgehead atoms. The van der Waals surface area contributed by atoms with Crippen LogP contribution in [0.4, 0.5) is 0 Å². The van der Waals surface area contributed by atoms with Gasteiger partial charge in [0.25, 0.3) is 0 Å². The van der Waals surface area contributed by atoms with E-state index in [9.17, 15) is 4.79 Å². The van der Waals surface area contributed by atoms with Crippen LogP contribution in [-0.2, 0) is 4.79 Å². The number of rotatable bonds is 7. The van der Waals surface area contributed by atoms with Crippen LogP contribution in [0.1, 0.15) is 57.8 Å². The van der Waals surface area contributed by atoms with Crippen molar-refractivity contribution in [1.29, 1.82) is 0 Å². The molecule has 0 aromatic heterocycles. The van der Waals surface area contributed by atoms with E-state index in [2.05, 4.69) is 5.32 Å². The number of hydrogen-bond donors (Lipinski definition) is 2. The fourth-order valence-electron chi connectivity index (χ4n) is 2.42. The smallest absolute Gasteiger partial charge is 0.219 e. The van der Waals surface area contributed by atoms with E-state index >= 15 is 0 Å². The van der Waals surface area contributed by atoms with E-state index in [1.807, 2.05) is 0 Å². The van der Waals surface area contributed by atoms with Gasteiger partial charge in [-0.05, 0) is 25.2 Å². The minimum atomic E-state index is 0.143. The van der Waals surface area contributed by atoms with Gasteiger partial charge < -0.3 is 10.4 Å². The van der Waals surface area contributed by atoms with E-state index in [1.54, 1.807) is 0 Å². The Labute approximate surface area is 98.6 Å². The van der Waals surface area contributed by atoms with Crippen LogP contribution in [0.5, 0.6) is 0 Å². The Hall–Kier alpha value is -0.570. The molecule has 3 heteroatoms. The molecule has 1 saturated carbocycles. The average molecular weight is 227 g/mol. The van der Waals surface area contributed by atoms with Gasteiger partial charge in [0.15, 0.2) is 0 Å². The maximum atomic E-state index is 11.4. The van der Waals surface area contributed by atoms with Gasteiger partial charge in [-0.25, -0.2) is 0 Å². The molecule has 0 unspecified atom stereocenters. The second kappa shape index (κ2) is 8.57. The molecule has 1 amide bonds. The molecule has 0 saturated heterocycles. The number of carbonyl (C=O) groups is 1. The molecule has 94 valence electrons. The Morgan fingerprint density at radius 2 is 1.94 bits per heavy atom. The van der Waals surface area contributed by atoms with Crippen molar-refractivity contribution >= 4 is 5.91 Å². The highest BCUT2D eigenvalue weighted by Crippen LogP contribution is 2.27. The van der Waals surface area contributed by atoms with E-state index in [-0.39, 0.29) is 12.5 Å². The third kappa shape index (κ3) is 6.11. The number of hydrogen-bond acceptors (Lipinski definition) is 2. The third-order valence-electron chi connectivity index (χ3n) is 3.40. The van der Waals surface area contributed by atoms with Gasteiger partial charge in [-0.15, -0.1) is 0 Å². The Bertz CT molecular complexity index is 188. The van der Waals surface area contributed by atoms with Crippen molar-refractivity contribution < 1.29 is 9.90 Å².